The van der Waals surface area contributed by atoms with Gasteiger partial charge in [0.1, 0.15) is 5.82 Å². The lowest BCUT2D eigenvalue weighted by Gasteiger charge is -2.17. The van der Waals surface area contributed by atoms with Gasteiger partial charge in [0.05, 0.1) is 23.8 Å². The van der Waals surface area contributed by atoms with Crippen LogP contribution in [0.25, 0.3) is 0 Å². The maximum atomic E-state index is 13.6. The van der Waals surface area contributed by atoms with E-state index < -0.39 is 7.60 Å². The van der Waals surface area contributed by atoms with Crippen LogP contribution in [0, 0.1) is 12.7 Å². The standard InChI is InChI=1S/C12H17BrFO3P/c1-4-16-18(15,17-5-2)8-10-6-9(3)12(13)11(14)7-10/h6-7H,4-5,8H2,1-3H3. The number of halogens is 2. The number of hydrogen-bond donors (Lipinski definition) is 0. The fourth-order valence-electron chi connectivity index (χ4n) is 1.63. The third kappa shape index (κ3) is 4.16. The molecule has 1 rings (SSSR count). The lowest BCUT2D eigenvalue weighted by Crippen LogP contribution is -2.00. The zero-order valence-electron chi connectivity index (χ0n) is 10.7. The molecular formula is C12H17BrFO3P. The first-order chi connectivity index (χ1) is 8.41. The molecular weight excluding hydrogens is 322 g/mol. The van der Waals surface area contributed by atoms with Gasteiger partial charge in [0.2, 0.25) is 0 Å². The maximum absolute atomic E-state index is 13.6. The summed E-state index contributed by atoms with van der Waals surface area (Å²) in [4.78, 5) is 0. The van der Waals surface area contributed by atoms with Crippen LogP contribution in [0.3, 0.4) is 0 Å². The van der Waals surface area contributed by atoms with Crippen LogP contribution in [0.4, 0.5) is 4.39 Å². The molecule has 0 heterocycles. The average molecular weight is 339 g/mol. The van der Waals surface area contributed by atoms with Crippen LogP contribution in [0.5, 0.6) is 0 Å². The van der Waals surface area contributed by atoms with Crippen LogP contribution in [-0.2, 0) is 19.8 Å². The smallest absolute Gasteiger partial charge is 0.309 e. The molecule has 0 spiro atoms. The number of rotatable bonds is 6. The largest absolute Gasteiger partial charge is 0.335 e. The van der Waals surface area contributed by atoms with Crippen molar-refractivity contribution in [3.05, 3.63) is 33.5 Å². The Labute approximate surface area is 115 Å². The Morgan fingerprint density at radius 3 is 2.28 bits per heavy atom. The molecule has 0 unspecified atom stereocenters. The zero-order valence-corrected chi connectivity index (χ0v) is 13.2. The molecule has 0 aromatic heterocycles. The third-order valence-electron chi connectivity index (χ3n) is 2.30. The Balaban J connectivity index is 2.98. The second-order valence-electron chi connectivity index (χ2n) is 3.81. The molecule has 0 aliphatic rings. The lowest BCUT2D eigenvalue weighted by atomic mass is 10.1. The van der Waals surface area contributed by atoms with E-state index in [0.717, 1.165) is 5.56 Å². The SMILES string of the molecule is CCOP(=O)(Cc1cc(C)c(Br)c(F)c1)OCC. The van der Waals surface area contributed by atoms with E-state index in [0.29, 0.717) is 23.2 Å². The Kier molecular flexibility index (Phi) is 5.99. The average Bonchev–Trinajstić information content (AvgIpc) is 2.26. The molecule has 0 saturated carbocycles. The highest BCUT2D eigenvalue weighted by Gasteiger charge is 2.24. The quantitative estimate of drug-likeness (QED) is 0.707. The number of aryl methyl sites for hydroxylation is 1. The third-order valence-corrected chi connectivity index (χ3v) is 5.36. The monoisotopic (exact) mass is 338 g/mol. The summed E-state index contributed by atoms with van der Waals surface area (Å²) in [6.45, 7) is 5.88. The molecule has 0 N–H and O–H groups in total. The van der Waals surface area contributed by atoms with Gasteiger partial charge in [-0.05, 0) is 53.9 Å². The van der Waals surface area contributed by atoms with Crippen molar-refractivity contribution in [3.63, 3.8) is 0 Å². The highest BCUT2D eigenvalue weighted by molar-refractivity contribution is 9.10. The van der Waals surface area contributed by atoms with E-state index in [9.17, 15) is 8.96 Å². The summed E-state index contributed by atoms with van der Waals surface area (Å²) < 4.78 is 36.7. The lowest BCUT2D eigenvalue weighted by molar-refractivity contribution is 0.219. The Hall–Kier alpha value is -0.220. The Morgan fingerprint density at radius 2 is 1.83 bits per heavy atom. The first-order valence-electron chi connectivity index (χ1n) is 5.74. The van der Waals surface area contributed by atoms with Crippen molar-refractivity contribution in [3.8, 4) is 0 Å². The van der Waals surface area contributed by atoms with E-state index >= 15 is 0 Å². The maximum Gasteiger partial charge on any atom is 0.335 e. The van der Waals surface area contributed by atoms with E-state index in [1.165, 1.54) is 6.07 Å². The summed E-state index contributed by atoms with van der Waals surface area (Å²) in [6.07, 6.45) is 0.0831. The molecule has 0 saturated heterocycles. The molecule has 0 bridgehead atoms. The fourth-order valence-corrected chi connectivity index (χ4v) is 3.54. The normalized spacial score (nSPS) is 11.8. The highest BCUT2D eigenvalue weighted by Crippen LogP contribution is 2.51. The van der Waals surface area contributed by atoms with Gasteiger partial charge < -0.3 is 9.05 Å². The van der Waals surface area contributed by atoms with Crippen molar-refractivity contribution >= 4 is 23.5 Å². The van der Waals surface area contributed by atoms with Gasteiger partial charge in [-0.15, -0.1) is 0 Å². The molecule has 0 aliphatic heterocycles. The van der Waals surface area contributed by atoms with Gasteiger partial charge >= 0.3 is 7.60 Å². The summed E-state index contributed by atoms with van der Waals surface area (Å²) >= 11 is 3.15. The molecule has 18 heavy (non-hydrogen) atoms. The molecule has 0 radical (unpaired) electrons. The van der Waals surface area contributed by atoms with E-state index in [-0.39, 0.29) is 12.0 Å². The molecule has 0 amide bonds. The van der Waals surface area contributed by atoms with E-state index in [1.54, 1.807) is 26.8 Å². The van der Waals surface area contributed by atoms with Crippen LogP contribution in [0.2, 0.25) is 0 Å². The van der Waals surface area contributed by atoms with Crippen LogP contribution >= 0.6 is 23.5 Å². The molecule has 0 atom stereocenters. The number of benzene rings is 1. The highest BCUT2D eigenvalue weighted by atomic mass is 79.9. The topological polar surface area (TPSA) is 35.5 Å². The summed E-state index contributed by atoms with van der Waals surface area (Å²) in [6, 6.07) is 3.12. The van der Waals surface area contributed by atoms with Crippen molar-refractivity contribution in [2.75, 3.05) is 13.2 Å². The molecule has 3 nitrogen and oxygen atoms in total. The minimum Gasteiger partial charge on any atom is -0.309 e. The summed E-state index contributed by atoms with van der Waals surface area (Å²) in [5.41, 5.74) is 1.36. The summed E-state index contributed by atoms with van der Waals surface area (Å²) in [5.74, 6) is -0.371. The first kappa shape index (κ1) is 15.8. The fraction of sp³-hybridized carbons (Fsp3) is 0.500. The van der Waals surface area contributed by atoms with Crippen molar-refractivity contribution in [1.29, 1.82) is 0 Å². The second kappa shape index (κ2) is 6.80. The molecule has 1 aromatic carbocycles. The first-order valence-corrected chi connectivity index (χ1v) is 8.26. The number of hydrogen-bond acceptors (Lipinski definition) is 3. The Bertz CT molecular complexity index is 432. The van der Waals surface area contributed by atoms with Gasteiger partial charge in [0, 0.05) is 0 Å². The summed E-state index contributed by atoms with van der Waals surface area (Å²) in [5, 5.41) is 0. The molecule has 1 aromatic rings. The van der Waals surface area contributed by atoms with E-state index in [4.69, 9.17) is 9.05 Å². The van der Waals surface area contributed by atoms with Crippen molar-refractivity contribution in [2.45, 2.75) is 26.9 Å². The minimum absolute atomic E-state index is 0.0831. The van der Waals surface area contributed by atoms with Gasteiger partial charge in [-0.3, -0.25) is 4.57 Å². The van der Waals surface area contributed by atoms with Crippen LogP contribution < -0.4 is 0 Å². The minimum atomic E-state index is -3.18. The van der Waals surface area contributed by atoms with Crippen molar-refractivity contribution in [2.24, 2.45) is 0 Å². The van der Waals surface area contributed by atoms with Crippen molar-refractivity contribution < 1.29 is 18.0 Å². The molecule has 0 aliphatic carbocycles. The van der Waals surface area contributed by atoms with Crippen LogP contribution in [-0.4, -0.2) is 13.2 Å². The van der Waals surface area contributed by atoms with Gasteiger partial charge in [0.15, 0.2) is 0 Å². The van der Waals surface area contributed by atoms with E-state index in [1.807, 2.05) is 0 Å². The summed E-state index contributed by atoms with van der Waals surface area (Å²) in [7, 11) is -3.18. The van der Waals surface area contributed by atoms with E-state index in [2.05, 4.69) is 15.9 Å². The van der Waals surface area contributed by atoms with Gasteiger partial charge in [0.25, 0.3) is 0 Å². The molecule has 102 valence electrons. The predicted molar refractivity (Wildman–Crippen MR) is 73.4 cm³/mol. The van der Waals surface area contributed by atoms with Gasteiger partial charge in [-0.25, -0.2) is 4.39 Å². The van der Waals surface area contributed by atoms with Crippen molar-refractivity contribution in [1.82, 2.24) is 0 Å². The van der Waals surface area contributed by atoms with Gasteiger partial charge in [-0.1, -0.05) is 6.07 Å². The van der Waals surface area contributed by atoms with Gasteiger partial charge in [-0.2, -0.15) is 0 Å². The second-order valence-corrected chi connectivity index (χ2v) is 6.66. The molecule has 0 fully saturated rings. The zero-order chi connectivity index (χ0) is 13.8. The Morgan fingerprint density at radius 1 is 1.28 bits per heavy atom. The molecule has 6 heteroatoms. The van der Waals surface area contributed by atoms with Crippen LogP contribution in [0.15, 0.2) is 16.6 Å². The van der Waals surface area contributed by atoms with Crippen LogP contribution in [0.1, 0.15) is 25.0 Å². The predicted octanol–water partition coefficient (Wildman–Crippen LogP) is 4.66.